The monoisotopic (exact) mass is 489 g/mol. The first kappa shape index (κ1) is 25.3. The van der Waals surface area contributed by atoms with Crippen LogP contribution in [0.4, 0.5) is 16.3 Å². The van der Waals surface area contributed by atoms with E-state index in [1.165, 1.54) is 5.56 Å². The predicted octanol–water partition coefficient (Wildman–Crippen LogP) is 5.26. The number of carbonyl (C=O) groups excluding carboxylic acids is 1. The molecule has 1 fully saturated rings. The number of piperazine rings is 1. The van der Waals surface area contributed by atoms with Crippen LogP contribution in [-0.2, 0) is 0 Å². The number of ether oxygens (including phenoxy) is 2. The fraction of sp³-hybridized carbons (Fsp3) is 0.393. The van der Waals surface area contributed by atoms with Crippen molar-refractivity contribution in [3.63, 3.8) is 0 Å². The van der Waals surface area contributed by atoms with Crippen LogP contribution in [0.3, 0.4) is 0 Å². The molecule has 1 aromatic heterocycles. The van der Waals surface area contributed by atoms with E-state index in [2.05, 4.69) is 62.2 Å². The van der Waals surface area contributed by atoms with Crippen molar-refractivity contribution in [2.24, 2.45) is 0 Å². The van der Waals surface area contributed by atoms with Gasteiger partial charge in [-0.15, -0.1) is 0 Å². The Balaban J connectivity index is 1.51. The number of rotatable bonds is 6. The van der Waals surface area contributed by atoms with Crippen molar-refractivity contribution in [1.29, 1.82) is 0 Å². The zero-order valence-corrected chi connectivity index (χ0v) is 22.0. The topological polar surface area (TPSA) is 79.8 Å². The molecule has 1 saturated heterocycles. The number of nitrogens with one attached hydrogen (secondary N) is 1. The Kier molecular flexibility index (Phi) is 7.62. The highest BCUT2D eigenvalue weighted by atomic mass is 16.5. The van der Waals surface area contributed by atoms with Crippen LogP contribution in [0.15, 0.2) is 42.5 Å². The lowest BCUT2D eigenvalue weighted by Gasteiger charge is -2.37. The van der Waals surface area contributed by atoms with Crippen LogP contribution in [0.25, 0.3) is 11.4 Å². The van der Waals surface area contributed by atoms with E-state index in [9.17, 15) is 4.79 Å². The van der Waals surface area contributed by atoms with Gasteiger partial charge in [-0.1, -0.05) is 43.7 Å². The van der Waals surface area contributed by atoms with Gasteiger partial charge in [0, 0.05) is 49.1 Å². The third-order valence-corrected chi connectivity index (χ3v) is 6.52. The van der Waals surface area contributed by atoms with Crippen molar-refractivity contribution in [3.8, 4) is 22.9 Å². The molecule has 1 N–H and O–H groups in total. The van der Waals surface area contributed by atoms with Gasteiger partial charge >= 0.3 is 6.03 Å². The molecule has 0 unspecified atom stereocenters. The Hall–Kier alpha value is -3.81. The van der Waals surface area contributed by atoms with Gasteiger partial charge in [-0.3, -0.25) is 0 Å². The molecule has 190 valence electrons. The number of nitrogens with zero attached hydrogens (tertiary/aromatic N) is 4. The summed E-state index contributed by atoms with van der Waals surface area (Å²) in [5.41, 5.74) is 4.98. The van der Waals surface area contributed by atoms with Gasteiger partial charge in [0.2, 0.25) is 0 Å². The lowest BCUT2D eigenvalue weighted by Crippen LogP contribution is -2.50. The van der Waals surface area contributed by atoms with Crippen LogP contribution >= 0.6 is 0 Å². The predicted molar refractivity (Wildman–Crippen MR) is 143 cm³/mol. The number of aromatic nitrogens is 2. The zero-order chi connectivity index (χ0) is 25.8. The number of urea groups is 1. The number of anilines is 2. The molecular weight excluding hydrogens is 454 g/mol. The minimum atomic E-state index is -0.151. The van der Waals surface area contributed by atoms with Crippen LogP contribution in [0.5, 0.6) is 11.5 Å². The summed E-state index contributed by atoms with van der Waals surface area (Å²) in [6.07, 6.45) is 0. The first-order chi connectivity index (χ1) is 17.3. The number of aryl methyl sites for hydroxylation is 2. The van der Waals surface area contributed by atoms with Gasteiger partial charge in [-0.25, -0.2) is 14.8 Å². The smallest absolute Gasteiger partial charge is 0.322 e. The van der Waals surface area contributed by atoms with Gasteiger partial charge in [0.05, 0.1) is 19.9 Å². The van der Waals surface area contributed by atoms with E-state index in [0.717, 1.165) is 28.5 Å². The highest BCUT2D eigenvalue weighted by molar-refractivity contribution is 5.91. The molecule has 0 spiro atoms. The molecule has 1 aliphatic rings. The van der Waals surface area contributed by atoms with Crippen molar-refractivity contribution in [2.75, 3.05) is 50.6 Å². The average molecular weight is 490 g/mol. The third-order valence-electron chi connectivity index (χ3n) is 6.52. The van der Waals surface area contributed by atoms with Crippen molar-refractivity contribution < 1.29 is 14.3 Å². The second kappa shape index (κ2) is 10.8. The zero-order valence-electron chi connectivity index (χ0n) is 22.0. The summed E-state index contributed by atoms with van der Waals surface area (Å²) in [5.74, 6) is 3.21. The summed E-state index contributed by atoms with van der Waals surface area (Å²) in [6.45, 7) is 11.0. The molecule has 0 saturated carbocycles. The summed E-state index contributed by atoms with van der Waals surface area (Å²) in [5, 5.41) is 2.97. The first-order valence-electron chi connectivity index (χ1n) is 12.3. The summed E-state index contributed by atoms with van der Waals surface area (Å²) in [4.78, 5) is 27.0. The Morgan fingerprint density at radius 3 is 2.25 bits per heavy atom. The molecule has 2 aromatic carbocycles. The van der Waals surface area contributed by atoms with Crippen molar-refractivity contribution >= 4 is 17.5 Å². The minimum Gasteiger partial charge on any atom is -0.497 e. The molecule has 0 radical (unpaired) electrons. The maximum Gasteiger partial charge on any atom is 0.322 e. The quantitative estimate of drug-likeness (QED) is 0.509. The molecular formula is C28H35N5O3. The minimum absolute atomic E-state index is 0.151. The second-order valence-electron chi connectivity index (χ2n) is 9.36. The van der Waals surface area contributed by atoms with Crippen LogP contribution in [-0.4, -0.2) is 61.3 Å². The van der Waals surface area contributed by atoms with Crippen molar-refractivity contribution in [1.82, 2.24) is 14.9 Å². The van der Waals surface area contributed by atoms with Crippen LogP contribution < -0.4 is 19.7 Å². The SMILES string of the molecule is COc1ccc(NC(=O)N2CCN(c3nc(-c4ccc(C)cc4)nc(C)c3C(C)C)CC2)c(OC)c1. The molecule has 0 bridgehead atoms. The molecule has 4 rings (SSSR count). The van der Waals surface area contributed by atoms with E-state index < -0.39 is 0 Å². The first-order valence-corrected chi connectivity index (χ1v) is 12.3. The highest BCUT2D eigenvalue weighted by Gasteiger charge is 2.26. The maximum atomic E-state index is 13.0. The number of amides is 2. The lowest BCUT2D eigenvalue weighted by atomic mass is 10.0. The Labute approximate surface area is 213 Å². The highest BCUT2D eigenvalue weighted by Crippen LogP contribution is 2.32. The third kappa shape index (κ3) is 5.37. The summed E-state index contributed by atoms with van der Waals surface area (Å²) >= 11 is 0. The van der Waals surface area contributed by atoms with Crippen LogP contribution in [0.2, 0.25) is 0 Å². The molecule has 2 amide bonds. The number of benzene rings is 2. The van der Waals surface area contributed by atoms with Gasteiger partial charge in [-0.2, -0.15) is 0 Å². The van der Waals surface area contributed by atoms with Gasteiger partial charge < -0.3 is 24.6 Å². The molecule has 8 nitrogen and oxygen atoms in total. The number of carbonyl (C=O) groups is 1. The second-order valence-corrected chi connectivity index (χ2v) is 9.36. The van der Waals surface area contributed by atoms with Crippen molar-refractivity contribution in [2.45, 2.75) is 33.6 Å². The van der Waals surface area contributed by atoms with Gasteiger partial charge in [0.25, 0.3) is 0 Å². The fourth-order valence-electron chi connectivity index (χ4n) is 4.53. The van der Waals surface area contributed by atoms with E-state index in [4.69, 9.17) is 19.4 Å². The number of methoxy groups -OCH3 is 2. The molecule has 0 aliphatic carbocycles. The van der Waals surface area contributed by atoms with Crippen molar-refractivity contribution in [3.05, 3.63) is 59.3 Å². The molecule has 2 heterocycles. The van der Waals surface area contributed by atoms with E-state index in [1.807, 2.05) is 4.90 Å². The summed E-state index contributed by atoms with van der Waals surface area (Å²) in [6, 6.07) is 13.5. The standard InChI is InChI=1S/C28H35N5O3/c1-18(2)25-20(4)29-26(21-9-7-19(3)8-10-21)31-27(25)32-13-15-33(16-14-32)28(34)30-23-12-11-22(35-5)17-24(23)36-6/h7-12,17-18H,13-16H2,1-6H3,(H,30,34). The Morgan fingerprint density at radius 1 is 0.944 bits per heavy atom. The normalized spacial score (nSPS) is 13.6. The van der Waals surface area contributed by atoms with E-state index in [-0.39, 0.29) is 11.9 Å². The number of hydrogen-bond acceptors (Lipinski definition) is 6. The van der Waals surface area contributed by atoms with Crippen LogP contribution in [0, 0.1) is 13.8 Å². The maximum absolute atomic E-state index is 13.0. The Bertz CT molecular complexity index is 1220. The summed E-state index contributed by atoms with van der Waals surface area (Å²) < 4.78 is 10.7. The molecule has 1 aliphatic heterocycles. The number of hydrogen-bond donors (Lipinski definition) is 1. The van der Waals surface area contributed by atoms with E-state index in [1.54, 1.807) is 32.4 Å². The fourth-order valence-corrected chi connectivity index (χ4v) is 4.53. The average Bonchev–Trinajstić information content (AvgIpc) is 2.88. The van der Waals surface area contributed by atoms with Gasteiger partial charge in [0.15, 0.2) is 5.82 Å². The van der Waals surface area contributed by atoms with Gasteiger partial charge in [0.1, 0.15) is 17.3 Å². The Morgan fingerprint density at radius 2 is 1.64 bits per heavy atom. The molecule has 3 aromatic rings. The molecule has 36 heavy (non-hydrogen) atoms. The van der Waals surface area contributed by atoms with E-state index in [0.29, 0.717) is 43.4 Å². The largest absolute Gasteiger partial charge is 0.497 e. The van der Waals surface area contributed by atoms with Gasteiger partial charge in [-0.05, 0) is 31.9 Å². The molecule has 0 atom stereocenters. The molecule has 8 heteroatoms. The lowest BCUT2D eigenvalue weighted by molar-refractivity contribution is 0.208. The summed E-state index contributed by atoms with van der Waals surface area (Å²) in [7, 11) is 3.17. The van der Waals surface area contributed by atoms with E-state index >= 15 is 0 Å². The van der Waals surface area contributed by atoms with Crippen LogP contribution in [0.1, 0.15) is 36.6 Å².